The monoisotopic (exact) mass is 274 g/mol. The number of nitrogens with zero attached hydrogens (tertiary/aromatic N) is 2. The van der Waals surface area contributed by atoms with E-state index < -0.39 is 7.12 Å². The predicted molar refractivity (Wildman–Crippen MR) is 80.7 cm³/mol. The lowest BCUT2D eigenvalue weighted by molar-refractivity contribution is 0.123. The lowest BCUT2D eigenvalue weighted by Gasteiger charge is -2.35. The molecule has 1 heterocycles. The molecule has 5 heteroatoms. The molecule has 0 radical (unpaired) electrons. The average Bonchev–Trinajstić information content (AvgIpc) is 3.25. The van der Waals surface area contributed by atoms with Gasteiger partial charge < -0.3 is 14.9 Å². The first-order valence-electron chi connectivity index (χ1n) is 7.61. The van der Waals surface area contributed by atoms with Crippen LogP contribution in [0.15, 0.2) is 24.3 Å². The molecule has 1 aromatic carbocycles. The van der Waals surface area contributed by atoms with E-state index in [0.717, 1.165) is 44.2 Å². The molecule has 20 heavy (non-hydrogen) atoms. The summed E-state index contributed by atoms with van der Waals surface area (Å²) in [6, 6.07) is 7.60. The van der Waals surface area contributed by atoms with Crippen molar-refractivity contribution in [3.63, 3.8) is 0 Å². The van der Waals surface area contributed by atoms with E-state index >= 15 is 0 Å². The summed E-state index contributed by atoms with van der Waals surface area (Å²) in [6.07, 6.45) is 2.84. The van der Waals surface area contributed by atoms with Crippen LogP contribution in [0.1, 0.15) is 18.4 Å². The fourth-order valence-corrected chi connectivity index (χ4v) is 2.97. The van der Waals surface area contributed by atoms with E-state index in [9.17, 15) is 10.0 Å². The van der Waals surface area contributed by atoms with Crippen LogP contribution in [0, 0.1) is 5.92 Å². The lowest BCUT2D eigenvalue weighted by atomic mass is 9.77. The van der Waals surface area contributed by atoms with Crippen LogP contribution < -0.4 is 5.46 Å². The zero-order valence-electron chi connectivity index (χ0n) is 11.9. The van der Waals surface area contributed by atoms with Gasteiger partial charge in [0.1, 0.15) is 0 Å². The molecule has 0 spiro atoms. The Morgan fingerprint density at radius 3 is 2.30 bits per heavy atom. The molecule has 0 atom stereocenters. The Balaban J connectivity index is 1.53. The number of hydrogen-bond donors (Lipinski definition) is 2. The summed E-state index contributed by atoms with van der Waals surface area (Å²) in [4.78, 5) is 4.98. The van der Waals surface area contributed by atoms with E-state index in [1.54, 1.807) is 6.07 Å². The van der Waals surface area contributed by atoms with Gasteiger partial charge in [-0.3, -0.25) is 4.90 Å². The van der Waals surface area contributed by atoms with Crippen LogP contribution in [0.25, 0.3) is 0 Å². The van der Waals surface area contributed by atoms with Gasteiger partial charge >= 0.3 is 7.12 Å². The third kappa shape index (κ3) is 3.61. The summed E-state index contributed by atoms with van der Waals surface area (Å²) >= 11 is 0. The Morgan fingerprint density at radius 2 is 1.65 bits per heavy atom. The van der Waals surface area contributed by atoms with Crippen molar-refractivity contribution in [3.8, 4) is 0 Å². The fourth-order valence-electron chi connectivity index (χ4n) is 2.97. The minimum absolute atomic E-state index is 0.632. The highest BCUT2D eigenvalue weighted by molar-refractivity contribution is 6.59. The quantitative estimate of drug-likeness (QED) is 0.736. The second-order valence-electron chi connectivity index (χ2n) is 6.09. The molecular formula is C15H23BN2O2. The van der Waals surface area contributed by atoms with Crippen molar-refractivity contribution in [1.29, 1.82) is 0 Å². The Kier molecular flexibility index (Phi) is 4.41. The average molecular weight is 274 g/mol. The molecule has 0 bridgehead atoms. The van der Waals surface area contributed by atoms with Crippen molar-refractivity contribution in [2.24, 2.45) is 5.92 Å². The molecular weight excluding hydrogens is 251 g/mol. The van der Waals surface area contributed by atoms with Crippen molar-refractivity contribution in [2.45, 2.75) is 19.4 Å². The first-order chi connectivity index (χ1) is 9.72. The third-order valence-electron chi connectivity index (χ3n) is 4.41. The molecule has 0 amide bonds. The standard InChI is InChI=1S/C15H23BN2O2/c19-16(20)15-4-2-1-3-14(15)12-18-9-7-17(8-10-18)11-13-5-6-13/h1-4,13,19-20H,5-12H2. The molecule has 0 aromatic heterocycles. The second-order valence-corrected chi connectivity index (χ2v) is 6.09. The highest BCUT2D eigenvalue weighted by Gasteiger charge is 2.26. The summed E-state index contributed by atoms with van der Waals surface area (Å²) in [5, 5.41) is 18.8. The Bertz CT molecular complexity index is 443. The van der Waals surface area contributed by atoms with Crippen LogP contribution >= 0.6 is 0 Å². The molecule has 2 aliphatic rings. The Labute approximate surface area is 121 Å². The molecule has 1 saturated carbocycles. The van der Waals surface area contributed by atoms with Gasteiger partial charge in [0.2, 0.25) is 0 Å². The van der Waals surface area contributed by atoms with Crippen LogP contribution in [0.2, 0.25) is 0 Å². The van der Waals surface area contributed by atoms with Crippen LogP contribution in [-0.4, -0.2) is 59.7 Å². The zero-order valence-corrected chi connectivity index (χ0v) is 11.9. The summed E-state index contributed by atoms with van der Waals surface area (Å²) in [5.41, 5.74) is 1.66. The summed E-state index contributed by atoms with van der Waals surface area (Å²) in [5.74, 6) is 0.965. The number of rotatable bonds is 5. The molecule has 4 nitrogen and oxygen atoms in total. The zero-order chi connectivity index (χ0) is 13.9. The van der Waals surface area contributed by atoms with E-state index in [0.29, 0.717) is 5.46 Å². The van der Waals surface area contributed by atoms with E-state index in [2.05, 4.69) is 9.80 Å². The van der Waals surface area contributed by atoms with Crippen molar-refractivity contribution < 1.29 is 10.0 Å². The minimum atomic E-state index is -1.37. The van der Waals surface area contributed by atoms with Crippen molar-refractivity contribution in [2.75, 3.05) is 32.7 Å². The normalized spacial score (nSPS) is 21.1. The molecule has 1 aromatic rings. The minimum Gasteiger partial charge on any atom is -0.423 e. The summed E-state index contributed by atoms with van der Waals surface area (Å²) < 4.78 is 0. The van der Waals surface area contributed by atoms with Crippen LogP contribution in [0.5, 0.6) is 0 Å². The van der Waals surface area contributed by atoms with Gasteiger partial charge in [-0.2, -0.15) is 0 Å². The van der Waals surface area contributed by atoms with E-state index in [4.69, 9.17) is 0 Å². The number of piperazine rings is 1. The van der Waals surface area contributed by atoms with Crippen molar-refractivity contribution in [1.82, 2.24) is 9.80 Å². The number of hydrogen-bond acceptors (Lipinski definition) is 4. The maximum absolute atomic E-state index is 9.41. The van der Waals surface area contributed by atoms with Crippen LogP contribution in [-0.2, 0) is 6.54 Å². The molecule has 1 saturated heterocycles. The van der Waals surface area contributed by atoms with Gasteiger partial charge in [-0.1, -0.05) is 24.3 Å². The Morgan fingerprint density at radius 1 is 1.00 bits per heavy atom. The molecule has 2 N–H and O–H groups in total. The first kappa shape index (κ1) is 14.1. The lowest BCUT2D eigenvalue weighted by Crippen LogP contribution is -2.47. The molecule has 108 valence electrons. The number of benzene rings is 1. The van der Waals surface area contributed by atoms with Gasteiger partial charge in [0.15, 0.2) is 0 Å². The summed E-state index contributed by atoms with van der Waals surface area (Å²) in [7, 11) is -1.37. The SMILES string of the molecule is OB(O)c1ccccc1CN1CCN(CC2CC2)CC1. The first-order valence-corrected chi connectivity index (χ1v) is 7.61. The largest absolute Gasteiger partial charge is 0.488 e. The third-order valence-corrected chi connectivity index (χ3v) is 4.41. The van der Waals surface area contributed by atoms with Gasteiger partial charge in [-0.25, -0.2) is 0 Å². The molecule has 1 aliphatic heterocycles. The Hall–Kier alpha value is -0.875. The molecule has 2 fully saturated rings. The maximum atomic E-state index is 9.41. The highest BCUT2D eigenvalue weighted by Crippen LogP contribution is 2.29. The predicted octanol–water partition coefficient (Wildman–Crippen LogP) is -0.106. The molecule has 1 aliphatic carbocycles. The van der Waals surface area contributed by atoms with E-state index in [-0.39, 0.29) is 0 Å². The van der Waals surface area contributed by atoms with Gasteiger partial charge in [0.25, 0.3) is 0 Å². The second kappa shape index (κ2) is 6.27. The topological polar surface area (TPSA) is 46.9 Å². The van der Waals surface area contributed by atoms with Crippen LogP contribution in [0.4, 0.5) is 0 Å². The van der Waals surface area contributed by atoms with E-state index in [1.165, 1.54) is 19.4 Å². The van der Waals surface area contributed by atoms with Gasteiger partial charge in [-0.15, -0.1) is 0 Å². The van der Waals surface area contributed by atoms with Crippen molar-refractivity contribution >= 4 is 12.6 Å². The maximum Gasteiger partial charge on any atom is 0.488 e. The summed E-state index contributed by atoms with van der Waals surface area (Å²) in [6.45, 7) is 6.51. The highest BCUT2D eigenvalue weighted by atomic mass is 16.4. The smallest absolute Gasteiger partial charge is 0.423 e. The fraction of sp³-hybridized carbons (Fsp3) is 0.600. The van der Waals surface area contributed by atoms with Crippen LogP contribution in [0.3, 0.4) is 0 Å². The van der Waals surface area contributed by atoms with E-state index in [1.807, 2.05) is 18.2 Å². The van der Waals surface area contributed by atoms with Crippen molar-refractivity contribution in [3.05, 3.63) is 29.8 Å². The van der Waals surface area contributed by atoms with Gasteiger partial charge in [0.05, 0.1) is 0 Å². The van der Waals surface area contributed by atoms with Gasteiger partial charge in [0, 0.05) is 39.3 Å². The molecule has 0 unspecified atom stereocenters. The van der Waals surface area contributed by atoms with Gasteiger partial charge in [-0.05, 0) is 29.8 Å². The molecule has 3 rings (SSSR count).